The number of hydrogen-bond acceptors (Lipinski definition) is 3. The van der Waals surface area contributed by atoms with Crippen molar-refractivity contribution < 1.29 is 18.7 Å². The third-order valence-electron chi connectivity index (χ3n) is 6.51. The molecular weight excluding hydrogens is 509 g/mol. The standard InChI is InChI=1S/C24H31BrFNO3SSi/c1-24(2,3)32(4,5)30-13-12-27(23(28)29)21-15-16-14-17(25)6-11-20(16)22(21)31-19-9-7-18(26)8-10-19/h6-11,14,21-22H,12-13,15H2,1-5H3,(H,28,29). The van der Waals surface area contributed by atoms with Gasteiger partial charge in [0.2, 0.25) is 0 Å². The van der Waals surface area contributed by atoms with E-state index in [1.54, 1.807) is 23.9 Å². The molecular formula is C24H31BrFNO3SSi. The zero-order valence-electron chi connectivity index (χ0n) is 19.2. The number of carbonyl (C=O) groups is 1. The van der Waals surface area contributed by atoms with E-state index in [1.807, 2.05) is 6.07 Å². The average molecular weight is 541 g/mol. The van der Waals surface area contributed by atoms with E-state index in [4.69, 9.17) is 4.43 Å². The summed E-state index contributed by atoms with van der Waals surface area (Å²) in [5, 5.41) is 10.1. The summed E-state index contributed by atoms with van der Waals surface area (Å²) in [7, 11) is -1.97. The molecule has 1 aliphatic rings. The maximum atomic E-state index is 13.4. The highest BCUT2D eigenvalue weighted by molar-refractivity contribution is 9.10. The molecule has 1 aliphatic carbocycles. The number of rotatable bonds is 7. The topological polar surface area (TPSA) is 49.8 Å². The molecule has 0 spiro atoms. The Morgan fingerprint density at radius 1 is 1.25 bits per heavy atom. The minimum absolute atomic E-state index is 0.0674. The van der Waals surface area contributed by atoms with Crippen LogP contribution in [0.1, 0.15) is 37.1 Å². The van der Waals surface area contributed by atoms with Crippen LogP contribution in [0.5, 0.6) is 0 Å². The molecule has 2 atom stereocenters. The molecule has 3 rings (SSSR count). The quantitative estimate of drug-likeness (QED) is 0.373. The van der Waals surface area contributed by atoms with Crippen molar-refractivity contribution in [3.63, 3.8) is 0 Å². The third-order valence-corrected chi connectivity index (χ3v) is 12.9. The Bertz CT molecular complexity index is 965. The molecule has 0 aromatic heterocycles. The van der Waals surface area contributed by atoms with Gasteiger partial charge >= 0.3 is 6.09 Å². The number of hydrogen-bond donors (Lipinski definition) is 1. The minimum Gasteiger partial charge on any atom is -0.465 e. The first-order valence-corrected chi connectivity index (χ1v) is 15.3. The van der Waals surface area contributed by atoms with Gasteiger partial charge in [0, 0.05) is 15.9 Å². The number of fused-ring (bicyclic) bond motifs is 1. The highest BCUT2D eigenvalue weighted by atomic mass is 79.9. The fourth-order valence-electron chi connectivity index (χ4n) is 3.66. The van der Waals surface area contributed by atoms with Crippen LogP contribution in [-0.2, 0) is 10.8 Å². The number of amides is 1. The molecule has 0 heterocycles. The summed E-state index contributed by atoms with van der Waals surface area (Å²) in [4.78, 5) is 14.8. The second kappa shape index (κ2) is 9.87. The minimum atomic E-state index is -1.97. The Morgan fingerprint density at radius 2 is 1.91 bits per heavy atom. The van der Waals surface area contributed by atoms with E-state index >= 15 is 0 Å². The first kappa shape index (κ1) is 25.3. The second-order valence-corrected chi connectivity index (χ2v) is 16.6. The van der Waals surface area contributed by atoms with Gasteiger partial charge in [-0.05, 0) is 72.1 Å². The van der Waals surface area contributed by atoms with E-state index in [9.17, 15) is 14.3 Å². The predicted octanol–water partition coefficient (Wildman–Crippen LogP) is 7.35. The maximum absolute atomic E-state index is 13.4. The molecule has 32 heavy (non-hydrogen) atoms. The SMILES string of the molecule is CC(C)(C)[Si](C)(C)OCCN(C(=O)O)C1Cc2cc(Br)ccc2C1Sc1ccc(F)cc1. The summed E-state index contributed by atoms with van der Waals surface area (Å²) in [5.74, 6) is -0.281. The molecule has 174 valence electrons. The number of benzene rings is 2. The highest BCUT2D eigenvalue weighted by Gasteiger charge is 2.40. The first-order valence-electron chi connectivity index (χ1n) is 10.7. The molecule has 1 N–H and O–H groups in total. The normalized spacial score (nSPS) is 18.5. The molecule has 0 saturated heterocycles. The Morgan fingerprint density at radius 3 is 2.50 bits per heavy atom. The van der Waals surface area contributed by atoms with E-state index in [2.05, 4.69) is 61.9 Å². The molecule has 0 saturated carbocycles. The van der Waals surface area contributed by atoms with E-state index in [-0.39, 0.29) is 22.1 Å². The lowest BCUT2D eigenvalue weighted by Gasteiger charge is -2.37. The van der Waals surface area contributed by atoms with E-state index in [0.29, 0.717) is 19.6 Å². The molecule has 0 fully saturated rings. The van der Waals surface area contributed by atoms with Crippen LogP contribution in [0.25, 0.3) is 0 Å². The van der Waals surface area contributed by atoms with Gasteiger partial charge in [-0.3, -0.25) is 0 Å². The van der Waals surface area contributed by atoms with Crippen LogP contribution in [0.15, 0.2) is 51.8 Å². The lowest BCUT2D eigenvalue weighted by Crippen LogP contribution is -2.46. The zero-order chi connectivity index (χ0) is 23.7. The Balaban J connectivity index is 1.84. The van der Waals surface area contributed by atoms with Crippen molar-refractivity contribution in [2.75, 3.05) is 13.2 Å². The summed E-state index contributed by atoms with van der Waals surface area (Å²) in [6, 6.07) is 12.3. The summed E-state index contributed by atoms with van der Waals surface area (Å²) < 4.78 is 20.7. The lowest BCUT2D eigenvalue weighted by atomic mass is 10.1. The third kappa shape index (κ3) is 5.76. The summed E-state index contributed by atoms with van der Waals surface area (Å²) in [6.45, 7) is 11.6. The van der Waals surface area contributed by atoms with Crippen LogP contribution in [0.2, 0.25) is 18.1 Å². The summed E-state index contributed by atoms with van der Waals surface area (Å²) in [5.41, 5.74) is 2.27. The largest absolute Gasteiger partial charge is 0.465 e. The zero-order valence-corrected chi connectivity index (χ0v) is 22.6. The van der Waals surface area contributed by atoms with E-state index in [0.717, 1.165) is 20.5 Å². The van der Waals surface area contributed by atoms with Crippen molar-refractivity contribution in [1.29, 1.82) is 0 Å². The number of thioether (sulfide) groups is 1. The van der Waals surface area contributed by atoms with Crippen LogP contribution in [-0.4, -0.2) is 43.6 Å². The van der Waals surface area contributed by atoms with Crippen molar-refractivity contribution in [1.82, 2.24) is 4.90 Å². The van der Waals surface area contributed by atoms with Gasteiger partial charge in [-0.15, -0.1) is 11.8 Å². The average Bonchev–Trinajstić information content (AvgIpc) is 3.02. The van der Waals surface area contributed by atoms with Gasteiger partial charge in [-0.2, -0.15) is 0 Å². The maximum Gasteiger partial charge on any atom is 0.407 e. The van der Waals surface area contributed by atoms with Crippen LogP contribution in [0.3, 0.4) is 0 Å². The number of nitrogens with zero attached hydrogens (tertiary/aromatic N) is 1. The van der Waals surface area contributed by atoms with Gasteiger partial charge < -0.3 is 14.4 Å². The van der Waals surface area contributed by atoms with E-state index < -0.39 is 14.4 Å². The molecule has 8 heteroatoms. The smallest absolute Gasteiger partial charge is 0.407 e. The van der Waals surface area contributed by atoms with Crippen molar-refractivity contribution in [3.8, 4) is 0 Å². The van der Waals surface area contributed by atoms with Gasteiger partial charge in [0.25, 0.3) is 0 Å². The Labute approximate surface area is 203 Å². The fraction of sp³-hybridized carbons (Fsp3) is 0.458. The van der Waals surface area contributed by atoms with Crippen molar-refractivity contribution in [3.05, 3.63) is 63.9 Å². The number of carboxylic acid groups (broad SMARTS) is 1. The Kier molecular flexibility index (Phi) is 7.80. The highest BCUT2D eigenvalue weighted by Crippen LogP contribution is 2.47. The Hall–Kier alpha value is -1.35. The molecule has 2 aromatic carbocycles. The van der Waals surface area contributed by atoms with Crippen LogP contribution in [0, 0.1) is 5.82 Å². The molecule has 2 aromatic rings. The predicted molar refractivity (Wildman–Crippen MR) is 135 cm³/mol. The lowest BCUT2D eigenvalue weighted by molar-refractivity contribution is 0.112. The van der Waals surface area contributed by atoms with Gasteiger partial charge in [0.1, 0.15) is 5.82 Å². The van der Waals surface area contributed by atoms with Gasteiger partial charge in [-0.25, -0.2) is 9.18 Å². The molecule has 1 amide bonds. The van der Waals surface area contributed by atoms with Crippen LogP contribution < -0.4 is 0 Å². The second-order valence-electron chi connectivity index (χ2n) is 9.69. The molecule has 2 unspecified atom stereocenters. The monoisotopic (exact) mass is 539 g/mol. The fourth-order valence-corrected chi connectivity index (χ4v) is 6.45. The van der Waals surface area contributed by atoms with Gasteiger partial charge in [0.15, 0.2) is 8.32 Å². The van der Waals surface area contributed by atoms with Crippen molar-refractivity contribution in [2.24, 2.45) is 0 Å². The van der Waals surface area contributed by atoms with Crippen molar-refractivity contribution in [2.45, 2.75) is 61.5 Å². The van der Waals surface area contributed by atoms with Gasteiger partial charge in [0.05, 0.1) is 17.9 Å². The molecule has 4 nitrogen and oxygen atoms in total. The van der Waals surface area contributed by atoms with Crippen LogP contribution >= 0.6 is 27.7 Å². The van der Waals surface area contributed by atoms with E-state index in [1.165, 1.54) is 17.0 Å². The molecule has 0 aliphatic heterocycles. The van der Waals surface area contributed by atoms with Crippen LogP contribution in [0.4, 0.5) is 9.18 Å². The molecule has 0 radical (unpaired) electrons. The summed E-state index contributed by atoms with van der Waals surface area (Å²) >= 11 is 5.12. The molecule has 0 bridgehead atoms. The van der Waals surface area contributed by atoms with Crippen molar-refractivity contribution >= 4 is 42.1 Å². The summed E-state index contributed by atoms with van der Waals surface area (Å²) in [6.07, 6.45) is -0.301. The number of halogens is 2. The first-order chi connectivity index (χ1) is 14.9. The van der Waals surface area contributed by atoms with Gasteiger partial charge in [-0.1, -0.05) is 42.8 Å².